The number of nitrogens with zero attached hydrogens (tertiary/aromatic N) is 2. The van der Waals surface area contributed by atoms with Gasteiger partial charge in [0.25, 0.3) is 0 Å². The van der Waals surface area contributed by atoms with Crippen molar-refractivity contribution in [3.05, 3.63) is 39.5 Å². The first-order valence-electron chi connectivity index (χ1n) is 4.45. The lowest BCUT2D eigenvalue weighted by atomic mass is 10.3. The van der Waals surface area contributed by atoms with E-state index in [1.165, 1.54) is 6.33 Å². The molecule has 3 N–H and O–H groups in total. The maximum absolute atomic E-state index is 5.57. The molecule has 0 saturated heterocycles. The first-order chi connectivity index (χ1) is 7.66. The van der Waals surface area contributed by atoms with Crippen molar-refractivity contribution in [2.75, 3.05) is 11.1 Å². The second-order valence-electron chi connectivity index (χ2n) is 3.05. The van der Waals surface area contributed by atoms with Gasteiger partial charge in [0, 0.05) is 15.0 Å². The molecule has 2 aromatic rings. The number of hydrogen-bond acceptors (Lipinski definition) is 4. The van der Waals surface area contributed by atoms with E-state index in [2.05, 4.69) is 47.1 Å². The summed E-state index contributed by atoms with van der Waals surface area (Å²) in [6.45, 7) is 0. The largest absolute Gasteiger partial charge is 0.384 e. The Morgan fingerprint density at radius 1 is 1.12 bits per heavy atom. The lowest BCUT2D eigenvalue weighted by molar-refractivity contribution is 1.17. The van der Waals surface area contributed by atoms with Gasteiger partial charge >= 0.3 is 0 Å². The summed E-state index contributed by atoms with van der Waals surface area (Å²) in [4.78, 5) is 7.90. The van der Waals surface area contributed by atoms with Crippen LogP contribution < -0.4 is 11.1 Å². The number of nitrogen functional groups attached to an aromatic ring is 1. The van der Waals surface area contributed by atoms with Crippen LogP contribution in [0.4, 0.5) is 17.3 Å². The van der Waals surface area contributed by atoms with Crippen LogP contribution in [0.25, 0.3) is 0 Å². The van der Waals surface area contributed by atoms with Crippen LogP contribution in [0.5, 0.6) is 0 Å². The molecule has 4 nitrogen and oxygen atoms in total. The Hall–Kier alpha value is -1.14. The van der Waals surface area contributed by atoms with Crippen LogP contribution in [-0.2, 0) is 0 Å². The molecule has 0 spiro atoms. The lowest BCUT2D eigenvalue weighted by Gasteiger charge is -2.09. The number of para-hydroxylation sites is 1. The fourth-order valence-corrected chi connectivity index (χ4v) is 2.38. The highest BCUT2D eigenvalue weighted by Gasteiger charge is 2.05. The number of nitrogens with one attached hydrogen (secondary N) is 1. The summed E-state index contributed by atoms with van der Waals surface area (Å²) in [5, 5.41) is 3.16. The van der Waals surface area contributed by atoms with Crippen molar-refractivity contribution >= 4 is 49.2 Å². The van der Waals surface area contributed by atoms with Gasteiger partial charge in [-0.25, -0.2) is 9.97 Å². The van der Waals surface area contributed by atoms with E-state index in [1.54, 1.807) is 6.07 Å². The Kier molecular flexibility index (Phi) is 3.40. The Balaban J connectivity index is 2.34. The smallest absolute Gasteiger partial charge is 0.135 e. The standard InChI is InChI=1S/C10H8Br2N4/c11-6-2-1-3-7(12)10(6)16-9-4-8(13)14-5-15-9/h1-5H,(H3,13,14,15,16). The van der Waals surface area contributed by atoms with E-state index >= 15 is 0 Å². The first kappa shape index (κ1) is 11.3. The van der Waals surface area contributed by atoms with Crippen LogP contribution in [0.15, 0.2) is 39.5 Å². The number of rotatable bonds is 2. The second-order valence-corrected chi connectivity index (χ2v) is 4.76. The predicted octanol–water partition coefficient (Wildman–Crippen LogP) is 3.33. The van der Waals surface area contributed by atoms with Gasteiger partial charge in [-0.15, -0.1) is 0 Å². The van der Waals surface area contributed by atoms with E-state index in [0.29, 0.717) is 11.6 Å². The molecule has 6 heteroatoms. The van der Waals surface area contributed by atoms with Crippen LogP contribution in [0.2, 0.25) is 0 Å². The fraction of sp³-hybridized carbons (Fsp3) is 0. The highest BCUT2D eigenvalue weighted by atomic mass is 79.9. The minimum absolute atomic E-state index is 0.431. The maximum Gasteiger partial charge on any atom is 0.135 e. The highest BCUT2D eigenvalue weighted by Crippen LogP contribution is 2.32. The molecule has 82 valence electrons. The topological polar surface area (TPSA) is 63.8 Å². The summed E-state index contributed by atoms with van der Waals surface area (Å²) in [5.41, 5.74) is 6.48. The molecule has 0 unspecified atom stereocenters. The molecule has 0 fully saturated rings. The third-order valence-electron chi connectivity index (χ3n) is 1.90. The van der Waals surface area contributed by atoms with E-state index in [0.717, 1.165) is 14.6 Å². The van der Waals surface area contributed by atoms with Gasteiger partial charge in [0.15, 0.2) is 0 Å². The molecule has 16 heavy (non-hydrogen) atoms. The van der Waals surface area contributed by atoms with E-state index in [1.807, 2.05) is 18.2 Å². The summed E-state index contributed by atoms with van der Waals surface area (Å²) >= 11 is 6.91. The molecule has 1 aromatic heterocycles. The minimum Gasteiger partial charge on any atom is -0.384 e. The predicted molar refractivity (Wildman–Crippen MR) is 71.6 cm³/mol. The van der Waals surface area contributed by atoms with Gasteiger partial charge in [0.2, 0.25) is 0 Å². The molecule has 2 rings (SSSR count). The van der Waals surface area contributed by atoms with Crippen LogP contribution in [0.3, 0.4) is 0 Å². The summed E-state index contributed by atoms with van der Waals surface area (Å²) in [6, 6.07) is 7.49. The lowest BCUT2D eigenvalue weighted by Crippen LogP contribution is -1.98. The van der Waals surface area contributed by atoms with Crippen molar-refractivity contribution in [1.29, 1.82) is 0 Å². The fourth-order valence-electron chi connectivity index (χ4n) is 1.19. The van der Waals surface area contributed by atoms with Gasteiger partial charge in [-0.05, 0) is 44.0 Å². The van der Waals surface area contributed by atoms with Crippen LogP contribution >= 0.6 is 31.9 Å². The Bertz CT molecular complexity index is 496. The molecule has 0 aliphatic rings. The summed E-state index contributed by atoms with van der Waals surface area (Å²) in [5.74, 6) is 1.08. The number of halogens is 2. The zero-order valence-electron chi connectivity index (χ0n) is 8.11. The van der Waals surface area contributed by atoms with Crippen LogP contribution in [0.1, 0.15) is 0 Å². The van der Waals surface area contributed by atoms with E-state index in [4.69, 9.17) is 5.73 Å². The monoisotopic (exact) mass is 342 g/mol. The second kappa shape index (κ2) is 4.80. The molecule has 0 saturated carbocycles. The summed E-state index contributed by atoms with van der Waals surface area (Å²) in [7, 11) is 0. The SMILES string of the molecule is Nc1cc(Nc2c(Br)cccc2Br)ncn1. The van der Waals surface area contributed by atoms with E-state index in [9.17, 15) is 0 Å². The molecule has 0 aliphatic carbocycles. The minimum atomic E-state index is 0.431. The number of aromatic nitrogens is 2. The normalized spacial score (nSPS) is 10.1. The van der Waals surface area contributed by atoms with Crippen molar-refractivity contribution in [2.24, 2.45) is 0 Å². The number of anilines is 3. The molecular weight excluding hydrogens is 336 g/mol. The van der Waals surface area contributed by atoms with Gasteiger partial charge in [0.05, 0.1) is 5.69 Å². The van der Waals surface area contributed by atoms with Gasteiger partial charge in [0.1, 0.15) is 18.0 Å². The van der Waals surface area contributed by atoms with Gasteiger partial charge in [-0.3, -0.25) is 0 Å². The molecule has 0 radical (unpaired) electrons. The average molecular weight is 344 g/mol. The van der Waals surface area contributed by atoms with E-state index < -0.39 is 0 Å². The van der Waals surface area contributed by atoms with Crippen LogP contribution in [-0.4, -0.2) is 9.97 Å². The molecule has 1 heterocycles. The van der Waals surface area contributed by atoms with Crippen molar-refractivity contribution < 1.29 is 0 Å². The van der Waals surface area contributed by atoms with Crippen molar-refractivity contribution in [1.82, 2.24) is 9.97 Å². The van der Waals surface area contributed by atoms with Gasteiger partial charge in [-0.2, -0.15) is 0 Å². The molecule has 1 aromatic carbocycles. The molecular formula is C10H8Br2N4. The van der Waals surface area contributed by atoms with Crippen LogP contribution in [0, 0.1) is 0 Å². The van der Waals surface area contributed by atoms with Crippen molar-refractivity contribution in [2.45, 2.75) is 0 Å². The molecule has 0 aliphatic heterocycles. The summed E-state index contributed by atoms with van der Waals surface area (Å²) in [6.07, 6.45) is 1.42. The maximum atomic E-state index is 5.57. The quantitative estimate of drug-likeness (QED) is 0.877. The highest BCUT2D eigenvalue weighted by molar-refractivity contribution is 9.11. The van der Waals surface area contributed by atoms with Gasteiger partial charge < -0.3 is 11.1 Å². The van der Waals surface area contributed by atoms with Gasteiger partial charge in [-0.1, -0.05) is 6.07 Å². The van der Waals surface area contributed by atoms with E-state index in [-0.39, 0.29) is 0 Å². The molecule has 0 atom stereocenters. The Labute approximate surface area is 110 Å². The third kappa shape index (κ3) is 2.51. The Morgan fingerprint density at radius 2 is 1.81 bits per heavy atom. The first-order valence-corrected chi connectivity index (χ1v) is 6.04. The zero-order valence-corrected chi connectivity index (χ0v) is 11.3. The molecule has 0 amide bonds. The van der Waals surface area contributed by atoms with Crippen molar-refractivity contribution in [3.8, 4) is 0 Å². The zero-order chi connectivity index (χ0) is 11.5. The number of benzene rings is 1. The number of nitrogens with two attached hydrogens (primary N) is 1. The average Bonchev–Trinajstić information content (AvgIpc) is 2.24. The number of hydrogen-bond donors (Lipinski definition) is 2. The van der Waals surface area contributed by atoms with Crippen molar-refractivity contribution in [3.63, 3.8) is 0 Å². The Morgan fingerprint density at radius 3 is 2.44 bits per heavy atom. The summed E-state index contributed by atoms with van der Waals surface area (Å²) < 4.78 is 1.89. The molecule has 0 bridgehead atoms. The third-order valence-corrected chi connectivity index (χ3v) is 3.23.